The molecule has 396 valence electrons. The Kier molecular flexibility index (Phi) is 50.8. The monoisotopic (exact) mass is 917 g/mol. The Morgan fingerprint density at radius 3 is 0.615 bits per heavy atom. The van der Waals surface area contributed by atoms with Gasteiger partial charge in [-0.25, -0.2) is 0 Å². The molecule has 7 aliphatic rings. The maximum atomic E-state index is 2.50. The van der Waals surface area contributed by atoms with Crippen LogP contribution in [0.4, 0.5) is 0 Å². The molecule has 7 fully saturated rings. The fourth-order valence-corrected chi connectivity index (χ4v) is 14.4. The van der Waals surface area contributed by atoms with E-state index in [1.165, 1.54) is 141 Å². The van der Waals surface area contributed by atoms with E-state index in [9.17, 15) is 0 Å². The first-order chi connectivity index (χ1) is 31.7. The highest BCUT2D eigenvalue weighted by Gasteiger charge is 2.47. The Bertz CT molecular complexity index is 728. The van der Waals surface area contributed by atoms with Crippen molar-refractivity contribution >= 4 is 0 Å². The van der Waals surface area contributed by atoms with Gasteiger partial charge in [-0.1, -0.05) is 337 Å². The van der Waals surface area contributed by atoms with Crippen molar-refractivity contribution in [3.8, 4) is 0 Å². The zero-order valence-corrected chi connectivity index (χ0v) is 49.9. The van der Waals surface area contributed by atoms with Gasteiger partial charge in [-0.15, -0.1) is 0 Å². The van der Waals surface area contributed by atoms with Gasteiger partial charge in [-0.05, 0) is 83.4 Å². The maximum Gasteiger partial charge on any atom is -0.0218 e. The summed E-state index contributed by atoms with van der Waals surface area (Å²) in [6, 6.07) is 0. The van der Waals surface area contributed by atoms with E-state index in [-0.39, 0.29) is 0 Å². The predicted molar refractivity (Wildman–Crippen MR) is 306 cm³/mol. The van der Waals surface area contributed by atoms with Gasteiger partial charge in [0.1, 0.15) is 0 Å². The molecular formula is C65H136. The summed E-state index contributed by atoms with van der Waals surface area (Å²) in [7, 11) is 0. The van der Waals surface area contributed by atoms with Gasteiger partial charge in [0.05, 0.1) is 0 Å². The first kappa shape index (κ1) is 69.3. The summed E-state index contributed by atoms with van der Waals surface area (Å²) in [6.45, 7) is 41.2. The summed E-state index contributed by atoms with van der Waals surface area (Å²) in [5.41, 5.74) is 0.573. The van der Waals surface area contributed by atoms with E-state index in [2.05, 4.69) is 48.5 Å². The summed E-state index contributed by atoms with van der Waals surface area (Å²) >= 11 is 0. The van der Waals surface area contributed by atoms with Gasteiger partial charge < -0.3 is 0 Å². The van der Waals surface area contributed by atoms with Gasteiger partial charge in [-0.2, -0.15) is 0 Å². The molecule has 0 aromatic rings. The second-order valence-electron chi connectivity index (χ2n) is 21.9. The summed E-state index contributed by atoms with van der Waals surface area (Å²) in [4.78, 5) is 0. The Balaban J connectivity index is -0.000000735. The summed E-state index contributed by atoms with van der Waals surface area (Å²) in [5, 5.41) is 0. The van der Waals surface area contributed by atoms with Gasteiger partial charge in [0.25, 0.3) is 0 Å². The molecule has 0 bridgehead atoms. The zero-order chi connectivity index (χ0) is 49.9. The largest absolute Gasteiger partial charge is 0.0683 e. The Hall–Kier alpha value is 0. The van der Waals surface area contributed by atoms with Crippen LogP contribution in [0.1, 0.15) is 350 Å². The molecule has 0 spiro atoms. The smallest absolute Gasteiger partial charge is 0.0218 e. The van der Waals surface area contributed by atoms with E-state index in [0.29, 0.717) is 5.41 Å². The first-order valence-corrected chi connectivity index (χ1v) is 31.7. The van der Waals surface area contributed by atoms with Gasteiger partial charge in [0, 0.05) is 0 Å². The lowest BCUT2D eigenvalue weighted by Gasteiger charge is -2.49. The van der Waals surface area contributed by atoms with Gasteiger partial charge in [-0.3, -0.25) is 0 Å². The van der Waals surface area contributed by atoms with E-state index < -0.39 is 0 Å². The van der Waals surface area contributed by atoms with Gasteiger partial charge in [0.2, 0.25) is 0 Å². The van der Waals surface area contributed by atoms with Crippen LogP contribution in [0.25, 0.3) is 0 Å². The van der Waals surface area contributed by atoms with Crippen LogP contribution in [0.5, 0.6) is 0 Å². The standard InChI is InChI=1S/C17H34.3C12H22.6C2H6/c1-12(2)11-17(13(3)4,14(5)6)16-10-8-9-15(16)7;3*1-3-7-11(8-4-1)12-9-5-2-6-10-12;6*1-2/h12-16H,8-11H2,1-7H3;3*11-12H,1-10H2;6*1-2H3/t15-,16+;;;;;;;;;/m1........./s1. The minimum Gasteiger partial charge on any atom is -0.0683 e. The van der Waals surface area contributed by atoms with Crippen LogP contribution < -0.4 is 0 Å². The average Bonchev–Trinajstić information content (AvgIpc) is 3.84. The predicted octanol–water partition coefficient (Wildman–Crippen LogP) is 24.4. The van der Waals surface area contributed by atoms with E-state index in [4.69, 9.17) is 0 Å². The second kappa shape index (κ2) is 47.7. The van der Waals surface area contributed by atoms with Crippen molar-refractivity contribution in [3.63, 3.8) is 0 Å². The van der Waals surface area contributed by atoms with E-state index >= 15 is 0 Å². The third kappa shape index (κ3) is 28.4. The molecule has 0 saturated heterocycles. The zero-order valence-electron chi connectivity index (χ0n) is 49.9. The molecule has 0 aromatic carbocycles. The van der Waals surface area contributed by atoms with Crippen LogP contribution in [0.2, 0.25) is 0 Å². The van der Waals surface area contributed by atoms with E-state index in [1.807, 2.05) is 83.1 Å². The lowest BCUT2D eigenvalue weighted by Crippen LogP contribution is -2.43. The number of hydrogen-bond acceptors (Lipinski definition) is 0. The normalized spacial score (nSPS) is 23.5. The molecule has 0 nitrogen and oxygen atoms in total. The Morgan fingerprint density at radius 1 is 0.277 bits per heavy atom. The lowest BCUT2D eigenvalue weighted by molar-refractivity contribution is -0.00814. The fraction of sp³-hybridized carbons (Fsp3) is 1.00. The molecule has 0 heterocycles. The quantitative estimate of drug-likeness (QED) is 0.228. The molecule has 0 aromatic heterocycles. The van der Waals surface area contributed by atoms with Crippen molar-refractivity contribution in [2.24, 2.45) is 70.5 Å². The molecule has 7 rings (SSSR count). The molecule has 0 N–H and O–H groups in total. The lowest BCUT2D eigenvalue weighted by atomic mass is 9.55. The molecular weight excluding hydrogens is 781 g/mol. The number of hydrogen-bond donors (Lipinski definition) is 0. The maximum absolute atomic E-state index is 2.50. The first-order valence-electron chi connectivity index (χ1n) is 31.7. The van der Waals surface area contributed by atoms with Crippen molar-refractivity contribution in [3.05, 3.63) is 0 Å². The molecule has 0 unspecified atom stereocenters. The highest BCUT2D eigenvalue weighted by atomic mass is 14.5. The third-order valence-electron chi connectivity index (χ3n) is 17.4. The summed E-state index contributed by atoms with van der Waals surface area (Å²) in [6.07, 6.45) is 52.0. The SMILES string of the molecule is C1CCC(C2CCCCC2)CC1.C1CCC(C2CCCCC2)CC1.C1CCC(C2CCCCC2)CC1.CC.CC.CC.CC.CC.CC.CC(C)CC(C(C)C)(C(C)C)[C@H]1CCC[C@H]1C. The van der Waals surface area contributed by atoms with Crippen molar-refractivity contribution in [2.75, 3.05) is 0 Å². The van der Waals surface area contributed by atoms with Crippen LogP contribution in [0.15, 0.2) is 0 Å². The molecule has 0 radical (unpaired) electrons. The Morgan fingerprint density at radius 2 is 0.477 bits per heavy atom. The second-order valence-corrected chi connectivity index (χ2v) is 21.9. The van der Waals surface area contributed by atoms with E-state index in [0.717, 1.165) is 65.1 Å². The molecule has 0 amide bonds. The molecule has 2 atom stereocenters. The van der Waals surface area contributed by atoms with Crippen LogP contribution in [-0.2, 0) is 0 Å². The highest BCUT2D eigenvalue weighted by molar-refractivity contribution is 4.96. The van der Waals surface area contributed by atoms with Gasteiger partial charge >= 0.3 is 0 Å². The van der Waals surface area contributed by atoms with Crippen molar-refractivity contribution in [2.45, 2.75) is 350 Å². The molecule has 65 heavy (non-hydrogen) atoms. The third-order valence-corrected chi connectivity index (χ3v) is 17.4. The van der Waals surface area contributed by atoms with Gasteiger partial charge in [0.15, 0.2) is 0 Å². The Labute approximate surface area is 418 Å². The fourth-order valence-electron chi connectivity index (χ4n) is 14.4. The highest BCUT2D eigenvalue weighted by Crippen LogP contribution is 2.55. The number of rotatable bonds is 8. The molecule has 7 aliphatic carbocycles. The minimum atomic E-state index is 0.573. The van der Waals surface area contributed by atoms with Crippen LogP contribution >= 0.6 is 0 Å². The molecule has 0 heteroatoms. The van der Waals surface area contributed by atoms with Crippen LogP contribution in [0, 0.1) is 70.5 Å². The molecule has 0 aliphatic heterocycles. The summed E-state index contributed by atoms with van der Waals surface area (Å²) in [5.74, 6) is 11.2. The average molecular weight is 918 g/mol. The van der Waals surface area contributed by atoms with Crippen molar-refractivity contribution in [1.29, 1.82) is 0 Å². The topological polar surface area (TPSA) is 0 Å². The van der Waals surface area contributed by atoms with E-state index in [1.54, 1.807) is 77.0 Å². The molecule has 7 saturated carbocycles. The van der Waals surface area contributed by atoms with Crippen LogP contribution in [-0.4, -0.2) is 0 Å². The van der Waals surface area contributed by atoms with Crippen LogP contribution in [0.3, 0.4) is 0 Å². The van der Waals surface area contributed by atoms with Crippen molar-refractivity contribution < 1.29 is 0 Å². The van der Waals surface area contributed by atoms with Crippen molar-refractivity contribution in [1.82, 2.24) is 0 Å². The minimum absolute atomic E-state index is 0.573. The summed E-state index contributed by atoms with van der Waals surface area (Å²) < 4.78 is 0.